The van der Waals surface area contributed by atoms with Gasteiger partial charge in [0.05, 0.1) is 18.8 Å². The van der Waals surface area contributed by atoms with Crippen LogP contribution in [0.2, 0.25) is 0 Å². The number of hydrogen-bond donors (Lipinski definition) is 0. The second kappa shape index (κ2) is 8.44. The Hall–Kier alpha value is -1.66. The molecule has 0 unspecified atom stereocenters. The van der Waals surface area contributed by atoms with Gasteiger partial charge in [-0.2, -0.15) is 0 Å². The molecule has 1 aromatic heterocycles. The molecule has 0 aliphatic carbocycles. The van der Waals surface area contributed by atoms with E-state index in [9.17, 15) is 4.79 Å². The molecule has 0 atom stereocenters. The van der Waals surface area contributed by atoms with Gasteiger partial charge in [0.2, 0.25) is 5.88 Å². The summed E-state index contributed by atoms with van der Waals surface area (Å²) in [5.41, 5.74) is 1.17. The number of aromatic nitrogens is 1. The van der Waals surface area contributed by atoms with Crippen molar-refractivity contribution in [2.45, 2.75) is 6.92 Å². The van der Waals surface area contributed by atoms with Crippen LogP contribution in [0.15, 0.2) is 12.3 Å². The van der Waals surface area contributed by atoms with Crippen molar-refractivity contribution in [2.75, 3.05) is 40.6 Å². The number of carbonyl (C=O) groups excluding carboxylic acids is 1. The number of carbonyl (C=O) groups is 1. The number of rotatable bonds is 8. The summed E-state index contributed by atoms with van der Waals surface area (Å²) in [6.45, 7) is 3.32. The fraction of sp³-hybridized carbons (Fsp3) is 0.538. The monoisotopic (exact) mass is 269 g/mol. The topological polar surface area (TPSA) is 66.9 Å². The zero-order chi connectivity index (χ0) is 14.1. The number of ether oxygens (including phenoxy) is 4. The summed E-state index contributed by atoms with van der Waals surface area (Å²) in [6.07, 6.45) is 1.43. The molecule has 106 valence electrons. The molecule has 1 heterocycles. The number of esters is 1. The minimum absolute atomic E-state index is 0.223. The van der Waals surface area contributed by atoms with Crippen molar-refractivity contribution < 1.29 is 23.7 Å². The summed E-state index contributed by atoms with van der Waals surface area (Å²) >= 11 is 0. The summed E-state index contributed by atoms with van der Waals surface area (Å²) in [6, 6.07) is 1.68. The van der Waals surface area contributed by atoms with Crippen LogP contribution in [0.1, 0.15) is 15.9 Å². The molecule has 0 spiro atoms. The fourth-order valence-electron chi connectivity index (χ4n) is 1.35. The SMILES string of the molecule is COCCOC(=O)c1cnc(OCCOC)c(C)c1. The smallest absolute Gasteiger partial charge is 0.339 e. The van der Waals surface area contributed by atoms with Gasteiger partial charge in [-0.3, -0.25) is 0 Å². The van der Waals surface area contributed by atoms with Gasteiger partial charge in [0.1, 0.15) is 13.2 Å². The highest BCUT2D eigenvalue weighted by Gasteiger charge is 2.10. The predicted molar refractivity (Wildman–Crippen MR) is 68.5 cm³/mol. The molecule has 0 amide bonds. The van der Waals surface area contributed by atoms with Gasteiger partial charge >= 0.3 is 5.97 Å². The van der Waals surface area contributed by atoms with Gasteiger partial charge in [0.25, 0.3) is 0 Å². The molecule has 0 aliphatic rings. The van der Waals surface area contributed by atoms with Gasteiger partial charge in [0, 0.05) is 26.0 Å². The molecule has 0 saturated carbocycles. The van der Waals surface area contributed by atoms with E-state index in [-0.39, 0.29) is 6.61 Å². The summed E-state index contributed by atoms with van der Waals surface area (Å²) in [5.74, 6) is 0.0709. The number of hydrogen-bond acceptors (Lipinski definition) is 6. The zero-order valence-electron chi connectivity index (χ0n) is 11.5. The summed E-state index contributed by atoms with van der Waals surface area (Å²) < 4.78 is 20.1. The number of aryl methyl sites for hydroxylation is 1. The van der Waals surface area contributed by atoms with Crippen molar-refractivity contribution in [3.05, 3.63) is 23.4 Å². The van der Waals surface area contributed by atoms with E-state index in [0.717, 1.165) is 5.56 Å². The minimum atomic E-state index is -0.420. The molecule has 0 aliphatic heterocycles. The van der Waals surface area contributed by atoms with E-state index in [2.05, 4.69) is 4.98 Å². The minimum Gasteiger partial charge on any atom is -0.475 e. The lowest BCUT2D eigenvalue weighted by atomic mass is 10.2. The van der Waals surface area contributed by atoms with Crippen molar-refractivity contribution in [3.63, 3.8) is 0 Å². The van der Waals surface area contributed by atoms with Crippen LogP contribution >= 0.6 is 0 Å². The van der Waals surface area contributed by atoms with E-state index < -0.39 is 5.97 Å². The summed E-state index contributed by atoms with van der Waals surface area (Å²) in [4.78, 5) is 15.8. The Morgan fingerprint density at radius 1 is 1.16 bits per heavy atom. The second-order valence-electron chi connectivity index (χ2n) is 3.82. The van der Waals surface area contributed by atoms with E-state index in [1.54, 1.807) is 20.3 Å². The van der Waals surface area contributed by atoms with E-state index in [1.165, 1.54) is 6.20 Å². The number of nitrogens with zero attached hydrogens (tertiary/aromatic N) is 1. The Balaban J connectivity index is 2.57. The Morgan fingerprint density at radius 2 is 1.84 bits per heavy atom. The standard InChI is InChI=1S/C13H19NO5/c1-10-8-11(13(15)19-7-5-17-3)9-14-12(10)18-6-4-16-2/h8-9H,4-7H2,1-3H3. The first-order valence-electron chi connectivity index (χ1n) is 5.93. The lowest BCUT2D eigenvalue weighted by Gasteiger charge is -2.09. The van der Waals surface area contributed by atoms with Crippen LogP contribution in [0, 0.1) is 6.92 Å². The van der Waals surface area contributed by atoms with Crippen molar-refractivity contribution in [1.29, 1.82) is 0 Å². The highest BCUT2D eigenvalue weighted by Crippen LogP contribution is 2.15. The first kappa shape index (κ1) is 15.4. The largest absolute Gasteiger partial charge is 0.475 e. The first-order chi connectivity index (χ1) is 9.19. The van der Waals surface area contributed by atoms with Gasteiger partial charge in [-0.05, 0) is 13.0 Å². The van der Waals surface area contributed by atoms with Crippen molar-refractivity contribution in [2.24, 2.45) is 0 Å². The van der Waals surface area contributed by atoms with E-state index in [1.807, 2.05) is 6.92 Å². The molecule has 0 bridgehead atoms. The first-order valence-corrected chi connectivity index (χ1v) is 5.93. The molecular weight excluding hydrogens is 250 g/mol. The molecule has 0 radical (unpaired) electrons. The summed E-state index contributed by atoms with van der Waals surface area (Å²) in [7, 11) is 3.15. The Kier molecular flexibility index (Phi) is 6.84. The third-order valence-corrected chi connectivity index (χ3v) is 2.31. The highest BCUT2D eigenvalue weighted by molar-refractivity contribution is 5.89. The number of methoxy groups -OCH3 is 2. The van der Waals surface area contributed by atoms with Gasteiger partial charge in [-0.25, -0.2) is 9.78 Å². The fourth-order valence-corrected chi connectivity index (χ4v) is 1.35. The lowest BCUT2D eigenvalue weighted by molar-refractivity contribution is 0.0387. The van der Waals surface area contributed by atoms with Gasteiger partial charge in [-0.1, -0.05) is 0 Å². The van der Waals surface area contributed by atoms with E-state index >= 15 is 0 Å². The third kappa shape index (κ3) is 5.23. The maximum Gasteiger partial charge on any atom is 0.339 e. The maximum absolute atomic E-state index is 11.7. The van der Waals surface area contributed by atoms with Crippen molar-refractivity contribution in [3.8, 4) is 5.88 Å². The molecule has 6 nitrogen and oxygen atoms in total. The Bertz CT molecular complexity index is 408. The Labute approximate surface area is 112 Å². The van der Waals surface area contributed by atoms with E-state index in [0.29, 0.717) is 31.3 Å². The maximum atomic E-state index is 11.7. The molecule has 1 aromatic rings. The van der Waals surface area contributed by atoms with Crippen molar-refractivity contribution in [1.82, 2.24) is 4.98 Å². The zero-order valence-corrected chi connectivity index (χ0v) is 11.5. The molecule has 1 rings (SSSR count). The van der Waals surface area contributed by atoms with Crippen LogP contribution in [0.4, 0.5) is 0 Å². The van der Waals surface area contributed by atoms with Crippen LogP contribution in [0.25, 0.3) is 0 Å². The van der Waals surface area contributed by atoms with E-state index in [4.69, 9.17) is 18.9 Å². The van der Waals surface area contributed by atoms with Crippen LogP contribution in [-0.4, -0.2) is 51.6 Å². The van der Waals surface area contributed by atoms with Gasteiger partial charge in [0.15, 0.2) is 0 Å². The quantitative estimate of drug-likeness (QED) is 0.522. The highest BCUT2D eigenvalue weighted by atomic mass is 16.6. The lowest BCUT2D eigenvalue weighted by Crippen LogP contribution is -2.11. The molecule has 0 fully saturated rings. The molecule has 19 heavy (non-hydrogen) atoms. The Morgan fingerprint density at radius 3 is 2.47 bits per heavy atom. The second-order valence-corrected chi connectivity index (χ2v) is 3.82. The molecule has 0 saturated heterocycles. The van der Waals surface area contributed by atoms with Crippen LogP contribution in [0.5, 0.6) is 5.88 Å². The average molecular weight is 269 g/mol. The number of pyridine rings is 1. The van der Waals surface area contributed by atoms with Gasteiger partial charge in [-0.15, -0.1) is 0 Å². The summed E-state index contributed by atoms with van der Waals surface area (Å²) in [5, 5.41) is 0. The van der Waals surface area contributed by atoms with Gasteiger partial charge < -0.3 is 18.9 Å². The van der Waals surface area contributed by atoms with Crippen molar-refractivity contribution >= 4 is 5.97 Å². The molecule has 6 heteroatoms. The molecule has 0 aromatic carbocycles. The van der Waals surface area contributed by atoms with Crippen LogP contribution in [-0.2, 0) is 14.2 Å². The normalized spacial score (nSPS) is 10.3. The average Bonchev–Trinajstić information content (AvgIpc) is 2.41. The molecule has 0 N–H and O–H groups in total. The van der Waals surface area contributed by atoms with Crippen LogP contribution in [0.3, 0.4) is 0 Å². The third-order valence-electron chi connectivity index (χ3n) is 2.31. The molecular formula is C13H19NO5. The predicted octanol–water partition coefficient (Wildman–Crippen LogP) is 1.22. The van der Waals surface area contributed by atoms with Crippen LogP contribution < -0.4 is 4.74 Å².